The second-order valence-electron chi connectivity index (χ2n) is 7.12. The predicted molar refractivity (Wildman–Crippen MR) is 131 cm³/mol. The van der Waals surface area contributed by atoms with Crippen LogP contribution in [0.1, 0.15) is 27.0 Å². The van der Waals surface area contributed by atoms with Gasteiger partial charge in [-0.05, 0) is 55.9 Å². The summed E-state index contributed by atoms with van der Waals surface area (Å²) in [5.41, 5.74) is 3.20. The summed E-state index contributed by atoms with van der Waals surface area (Å²) < 4.78 is 13.4. The van der Waals surface area contributed by atoms with Gasteiger partial charge in [-0.2, -0.15) is 0 Å². The first kappa shape index (κ1) is 25.8. The van der Waals surface area contributed by atoms with Crippen LogP contribution in [0, 0.1) is 12.7 Å². The van der Waals surface area contributed by atoms with E-state index in [9.17, 15) is 9.18 Å². The molecular weight excluding hydrogens is 496 g/mol. The van der Waals surface area contributed by atoms with Crippen LogP contribution in [0.5, 0.6) is 0 Å². The van der Waals surface area contributed by atoms with E-state index in [0.717, 1.165) is 17.7 Å². The lowest BCUT2D eigenvalue weighted by atomic mass is 10.1. The second kappa shape index (κ2) is 13.2. The molecule has 0 unspecified atom stereocenters. The van der Waals surface area contributed by atoms with Gasteiger partial charge in [0.25, 0.3) is 5.91 Å². The lowest BCUT2D eigenvalue weighted by molar-refractivity contribution is 0.0951. The van der Waals surface area contributed by atoms with E-state index in [1.54, 1.807) is 26.1 Å². The zero-order valence-electron chi connectivity index (χ0n) is 18.0. The van der Waals surface area contributed by atoms with Gasteiger partial charge in [0.1, 0.15) is 5.82 Å². The van der Waals surface area contributed by atoms with Crippen molar-refractivity contribution in [2.75, 3.05) is 34.2 Å². The Morgan fingerprint density at radius 3 is 2.30 bits per heavy atom. The molecule has 2 aromatic carbocycles. The van der Waals surface area contributed by atoms with Crippen molar-refractivity contribution in [2.24, 2.45) is 4.99 Å². The summed E-state index contributed by atoms with van der Waals surface area (Å²) in [6.45, 7) is 4.21. The number of hydrogen-bond acceptors (Lipinski definition) is 3. The first-order valence-corrected chi connectivity index (χ1v) is 9.60. The summed E-state index contributed by atoms with van der Waals surface area (Å²) in [6, 6.07) is 12.5. The molecule has 0 fully saturated rings. The highest BCUT2D eigenvalue weighted by atomic mass is 127. The summed E-state index contributed by atoms with van der Waals surface area (Å²) in [5, 5.41) is 9.36. The number of likely N-dealkylation sites (N-methyl/N-ethyl adjacent to an activating group) is 1. The van der Waals surface area contributed by atoms with Crippen LogP contribution in [0.25, 0.3) is 0 Å². The van der Waals surface area contributed by atoms with Crippen molar-refractivity contribution < 1.29 is 9.18 Å². The Morgan fingerprint density at radius 2 is 1.70 bits per heavy atom. The Bertz CT molecular complexity index is 857. The van der Waals surface area contributed by atoms with Crippen molar-refractivity contribution in [3.8, 4) is 0 Å². The van der Waals surface area contributed by atoms with Gasteiger partial charge in [-0.15, -0.1) is 24.0 Å². The number of benzene rings is 2. The molecule has 0 atom stereocenters. The van der Waals surface area contributed by atoms with Gasteiger partial charge in [0.05, 0.1) is 0 Å². The molecule has 0 bridgehead atoms. The zero-order chi connectivity index (χ0) is 21.2. The predicted octanol–water partition coefficient (Wildman–Crippen LogP) is 2.91. The van der Waals surface area contributed by atoms with Gasteiger partial charge in [0, 0.05) is 38.8 Å². The Balaban J connectivity index is 0.00000450. The fourth-order valence-corrected chi connectivity index (χ4v) is 2.73. The molecule has 164 valence electrons. The second-order valence-corrected chi connectivity index (χ2v) is 7.12. The molecular formula is C22H31FIN5O. The molecule has 0 aliphatic rings. The molecule has 0 aliphatic carbocycles. The van der Waals surface area contributed by atoms with E-state index in [1.165, 1.54) is 6.07 Å². The molecule has 1 amide bonds. The van der Waals surface area contributed by atoms with Gasteiger partial charge in [-0.1, -0.05) is 24.3 Å². The highest BCUT2D eigenvalue weighted by Gasteiger charge is 2.07. The first-order valence-electron chi connectivity index (χ1n) is 9.60. The number of nitrogens with zero attached hydrogens (tertiary/aromatic N) is 2. The van der Waals surface area contributed by atoms with E-state index in [1.807, 2.05) is 43.3 Å². The molecule has 2 aromatic rings. The number of carbonyl (C=O) groups excluding carboxylic acids is 1. The largest absolute Gasteiger partial charge is 0.352 e. The summed E-state index contributed by atoms with van der Waals surface area (Å²) in [4.78, 5) is 18.5. The van der Waals surface area contributed by atoms with E-state index < -0.39 is 0 Å². The van der Waals surface area contributed by atoms with Crippen molar-refractivity contribution in [2.45, 2.75) is 20.0 Å². The smallest absolute Gasteiger partial charge is 0.251 e. The van der Waals surface area contributed by atoms with Crippen LogP contribution in [0.3, 0.4) is 0 Å². The molecule has 0 heterocycles. The Hall–Kier alpha value is -2.20. The number of hydrogen-bond donors (Lipinski definition) is 3. The number of amides is 1. The first-order chi connectivity index (χ1) is 13.9. The molecule has 0 saturated heterocycles. The van der Waals surface area contributed by atoms with Crippen LogP contribution in [-0.4, -0.2) is 51.0 Å². The highest BCUT2D eigenvalue weighted by molar-refractivity contribution is 14.0. The maximum atomic E-state index is 13.4. The summed E-state index contributed by atoms with van der Waals surface area (Å²) in [7, 11) is 5.63. The van der Waals surface area contributed by atoms with Crippen LogP contribution < -0.4 is 16.0 Å². The third-order valence-corrected chi connectivity index (χ3v) is 4.40. The lowest BCUT2D eigenvalue weighted by Crippen LogP contribution is -2.36. The Morgan fingerprint density at radius 1 is 1.03 bits per heavy atom. The van der Waals surface area contributed by atoms with Crippen molar-refractivity contribution in [3.63, 3.8) is 0 Å². The summed E-state index contributed by atoms with van der Waals surface area (Å²) in [6.07, 6.45) is 0. The SMILES string of the molecule is CN=C(NCc1cccc(C(=O)NCCN(C)C)c1)NCc1ccc(F)c(C)c1.I. The van der Waals surface area contributed by atoms with Gasteiger partial charge in [-0.25, -0.2) is 4.39 Å². The van der Waals surface area contributed by atoms with Gasteiger partial charge < -0.3 is 20.9 Å². The quantitative estimate of drug-likeness (QED) is 0.281. The fraction of sp³-hybridized carbons (Fsp3) is 0.364. The summed E-state index contributed by atoms with van der Waals surface area (Å²) >= 11 is 0. The lowest BCUT2D eigenvalue weighted by Gasteiger charge is -2.13. The van der Waals surface area contributed by atoms with Crippen LogP contribution in [0.2, 0.25) is 0 Å². The topological polar surface area (TPSA) is 68.8 Å². The van der Waals surface area contributed by atoms with Gasteiger partial charge in [0.15, 0.2) is 5.96 Å². The average molecular weight is 527 g/mol. The van der Waals surface area contributed by atoms with E-state index >= 15 is 0 Å². The van der Waals surface area contributed by atoms with E-state index in [2.05, 4.69) is 20.9 Å². The molecule has 3 N–H and O–H groups in total. The number of aryl methyl sites for hydroxylation is 1. The minimum Gasteiger partial charge on any atom is -0.352 e. The number of halogens is 2. The van der Waals surface area contributed by atoms with Gasteiger partial charge in [-0.3, -0.25) is 9.79 Å². The van der Waals surface area contributed by atoms with Crippen LogP contribution >= 0.6 is 24.0 Å². The van der Waals surface area contributed by atoms with Crippen LogP contribution in [0.4, 0.5) is 4.39 Å². The maximum Gasteiger partial charge on any atom is 0.251 e. The van der Waals surface area contributed by atoms with Crippen molar-refractivity contribution in [1.29, 1.82) is 0 Å². The normalized spacial score (nSPS) is 11.1. The minimum absolute atomic E-state index is 0. The molecule has 0 radical (unpaired) electrons. The molecule has 0 spiro atoms. The van der Waals surface area contributed by atoms with Crippen LogP contribution in [-0.2, 0) is 13.1 Å². The summed E-state index contributed by atoms with van der Waals surface area (Å²) in [5.74, 6) is 0.345. The van der Waals surface area contributed by atoms with Crippen molar-refractivity contribution in [1.82, 2.24) is 20.9 Å². The number of rotatable bonds is 8. The third-order valence-electron chi connectivity index (χ3n) is 4.40. The number of nitrogens with one attached hydrogen (secondary N) is 3. The maximum absolute atomic E-state index is 13.4. The average Bonchev–Trinajstić information content (AvgIpc) is 2.70. The third kappa shape index (κ3) is 8.66. The zero-order valence-corrected chi connectivity index (χ0v) is 20.3. The fourth-order valence-electron chi connectivity index (χ4n) is 2.73. The van der Waals surface area contributed by atoms with E-state index in [4.69, 9.17) is 0 Å². The molecule has 0 saturated carbocycles. The highest BCUT2D eigenvalue weighted by Crippen LogP contribution is 2.09. The standard InChI is InChI=1S/C22H30FN5O.HI/c1-16-12-18(8-9-20(16)23)15-27-22(24-2)26-14-17-6-5-7-19(13-17)21(29)25-10-11-28(3)4;/h5-9,12-13H,10-11,14-15H2,1-4H3,(H,25,29)(H2,24,26,27);1H. The molecule has 6 nitrogen and oxygen atoms in total. The molecule has 30 heavy (non-hydrogen) atoms. The van der Waals surface area contributed by atoms with Crippen LogP contribution in [0.15, 0.2) is 47.5 Å². The van der Waals surface area contributed by atoms with E-state index in [-0.39, 0.29) is 35.7 Å². The molecule has 0 aliphatic heterocycles. The van der Waals surface area contributed by atoms with Gasteiger partial charge >= 0.3 is 0 Å². The minimum atomic E-state index is -0.207. The molecule has 0 aromatic heterocycles. The van der Waals surface area contributed by atoms with Gasteiger partial charge in [0.2, 0.25) is 0 Å². The Labute approximate surface area is 195 Å². The molecule has 8 heteroatoms. The number of aliphatic imine (C=N–C) groups is 1. The van der Waals surface area contributed by atoms with Crippen molar-refractivity contribution >= 4 is 35.8 Å². The monoisotopic (exact) mass is 527 g/mol. The number of carbonyl (C=O) groups is 1. The van der Waals surface area contributed by atoms with Crippen molar-refractivity contribution in [3.05, 3.63) is 70.5 Å². The Kier molecular flexibility index (Phi) is 11.3. The van der Waals surface area contributed by atoms with E-state index in [0.29, 0.717) is 36.7 Å². The molecule has 2 rings (SSSR count). The number of guanidine groups is 1.